The van der Waals surface area contributed by atoms with E-state index in [0.717, 1.165) is 16.3 Å². The van der Waals surface area contributed by atoms with Crippen molar-refractivity contribution in [1.82, 2.24) is 0 Å². The van der Waals surface area contributed by atoms with E-state index < -0.39 is 0 Å². The van der Waals surface area contributed by atoms with Crippen LogP contribution in [0.5, 0.6) is 11.5 Å². The minimum atomic E-state index is -0.230. The van der Waals surface area contributed by atoms with Crippen molar-refractivity contribution in [1.29, 1.82) is 0 Å². The second kappa shape index (κ2) is 7.04. The number of ether oxygens (including phenoxy) is 2. The van der Waals surface area contributed by atoms with E-state index in [2.05, 4.69) is 5.32 Å². The molecule has 3 aromatic rings. The van der Waals surface area contributed by atoms with Gasteiger partial charge in [-0.3, -0.25) is 4.79 Å². The minimum Gasteiger partial charge on any atom is -0.495 e. The fourth-order valence-corrected chi connectivity index (χ4v) is 2.51. The van der Waals surface area contributed by atoms with Crippen molar-refractivity contribution in [2.75, 3.05) is 19.0 Å². The summed E-state index contributed by atoms with van der Waals surface area (Å²) in [6.07, 6.45) is 0. The average Bonchev–Trinajstić information content (AvgIpc) is 2.60. The van der Waals surface area contributed by atoms with Gasteiger partial charge in [0.2, 0.25) is 0 Å². The molecule has 0 aliphatic rings. The van der Waals surface area contributed by atoms with Gasteiger partial charge in [0.05, 0.1) is 12.8 Å². The smallest absolute Gasteiger partial charge is 0.262 e. The topological polar surface area (TPSA) is 47.6 Å². The lowest BCUT2D eigenvalue weighted by Crippen LogP contribution is -2.20. The van der Waals surface area contributed by atoms with E-state index in [1.54, 1.807) is 7.11 Å². The molecule has 0 bridgehead atoms. The van der Waals surface area contributed by atoms with Crippen molar-refractivity contribution in [3.63, 3.8) is 0 Å². The summed E-state index contributed by atoms with van der Waals surface area (Å²) in [6, 6.07) is 19.4. The Hall–Kier alpha value is -3.01. The molecule has 1 amide bonds. The molecule has 0 aromatic heterocycles. The van der Waals surface area contributed by atoms with Gasteiger partial charge in [0.15, 0.2) is 6.61 Å². The summed E-state index contributed by atoms with van der Waals surface area (Å²) in [4.78, 5) is 12.1. The summed E-state index contributed by atoms with van der Waals surface area (Å²) in [5, 5.41) is 5.04. The molecule has 0 aliphatic heterocycles. The van der Waals surface area contributed by atoms with Crippen LogP contribution in [0.15, 0.2) is 60.7 Å². The predicted molar refractivity (Wildman–Crippen MR) is 95.8 cm³/mol. The van der Waals surface area contributed by atoms with Crippen LogP contribution in [0.2, 0.25) is 0 Å². The SMILES string of the molecule is COc1ccc(C)cc1NC(=O)COc1ccc2ccccc2c1. The van der Waals surface area contributed by atoms with Gasteiger partial charge < -0.3 is 14.8 Å². The van der Waals surface area contributed by atoms with E-state index in [4.69, 9.17) is 9.47 Å². The molecule has 0 atom stereocenters. The number of fused-ring (bicyclic) bond motifs is 1. The summed E-state index contributed by atoms with van der Waals surface area (Å²) in [5.74, 6) is 1.06. The van der Waals surface area contributed by atoms with Gasteiger partial charge in [-0.2, -0.15) is 0 Å². The molecule has 0 fully saturated rings. The van der Waals surface area contributed by atoms with E-state index in [1.165, 1.54) is 0 Å². The number of hydrogen-bond acceptors (Lipinski definition) is 3. The second-order valence-electron chi connectivity index (χ2n) is 5.55. The van der Waals surface area contributed by atoms with Crippen LogP contribution in [-0.4, -0.2) is 19.6 Å². The first-order valence-corrected chi connectivity index (χ1v) is 7.72. The lowest BCUT2D eigenvalue weighted by molar-refractivity contribution is -0.118. The van der Waals surface area contributed by atoms with Gasteiger partial charge in [0.1, 0.15) is 11.5 Å². The number of carbonyl (C=O) groups excluding carboxylic acids is 1. The van der Waals surface area contributed by atoms with Crippen LogP contribution in [0.4, 0.5) is 5.69 Å². The molecular formula is C20H19NO3. The minimum absolute atomic E-state index is 0.0601. The third-order valence-corrected chi connectivity index (χ3v) is 3.72. The van der Waals surface area contributed by atoms with Crippen LogP contribution < -0.4 is 14.8 Å². The fourth-order valence-electron chi connectivity index (χ4n) is 2.51. The molecule has 0 heterocycles. The van der Waals surface area contributed by atoms with Gasteiger partial charge in [0.25, 0.3) is 5.91 Å². The summed E-state index contributed by atoms with van der Waals surface area (Å²) in [5.41, 5.74) is 1.69. The zero-order valence-corrected chi connectivity index (χ0v) is 13.7. The highest BCUT2D eigenvalue weighted by Crippen LogP contribution is 2.25. The maximum atomic E-state index is 12.1. The maximum Gasteiger partial charge on any atom is 0.262 e. The number of carbonyl (C=O) groups is 1. The Balaban J connectivity index is 1.65. The molecule has 4 heteroatoms. The maximum absolute atomic E-state index is 12.1. The Morgan fingerprint density at radius 3 is 2.58 bits per heavy atom. The van der Waals surface area contributed by atoms with E-state index >= 15 is 0 Å². The zero-order chi connectivity index (χ0) is 16.9. The summed E-state index contributed by atoms with van der Waals surface area (Å²) in [7, 11) is 1.58. The summed E-state index contributed by atoms with van der Waals surface area (Å²) >= 11 is 0. The van der Waals surface area contributed by atoms with E-state index in [0.29, 0.717) is 17.2 Å². The van der Waals surface area contributed by atoms with Crippen LogP contribution >= 0.6 is 0 Å². The van der Waals surface area contributed by atoms with Crippen molar-refractivity contribution < 1.29 is 14.3 Å². The van der Waals surface area contributed by atoms with E-state index in [-0.39, 0.29) is 12.5 Å². The highest BCUT2D eigenvalue weighted by Gasteiger charge is 2.09. The van der Waals surface area contributed by atoms with Crippen molar-refractivity contribution >= 4 is 22.4 Å². The molecule has 0 unspecified atom stereocenters. The lowest BCUT2D eigenvalue weighted by Gasteiger charge is -2.12. The number of anilines is 1. The van der Waals surface area contributed by atoms with Gasteiger partial charge in [-0.1, -0.05) is 36.4 Å². The Bertz CT molecular complexity index is 874. The van der Waals surface area contributed by atoms with Crippen molar-refractivity contribution in [2.24, 2.45) is 0 Å². The molecule has 0 spiro atoms. The highest BCUT2D eigenvalue weighted by molar-refractivity contribution is 5.93. The Kier molecular flexibility index (Phi) is 4.66. The molecule has 3 aromatic carbocycles. The summed E-state index contributed by atoms with van der Waals surface area (Å²) < 4.78 is 10.9. The number of benzene rings is 3. The number of nitrogens with one attached hydrogen (secondary N) is 1. The molecule has 0 aliphatic carbocycles. The average molecular weight is 321 g/mol. The van der Waals surface area contributed by atoms with Gasteiger partial charge in [0, 0.05) is 0 Å². The number of hydrogen-bond donors (Lipinski definition) is 1. The molecular weight excluding hydrogens is 302 g/mol. The first kappa shape index (κ1) is 15.9. The fraction of sp³-hybridized carbons (Fsp3) is 0.150. The zero-order valence-electron chi connectivity index (χ0n) is 13.7. The quantitative estimate of drug-likeness (QED) is 0.767. The Labute approximate surface area is 141 Å². The number of methoxy groups -OCH3 is 1. The number of aryl methyl sites for hydroxylation is 1. The van der Waals surface area contributed by atoms with Gasteiger partial charge in [-0.05, 0) is 47.5 Å². The molecule has 0 radical (unpaired) electrons. The first-order valence-electron chi connectivity index (χ1n) is 7.72. The van der Waals surface area contributed by atoms with Gasteiger partial charge in [-0.25, -0.2) is 0 Å². The third-order valence-electron chi connectivity index (χ3n) is 3.72. The standard InChI is InChI=1S/C20H19NO3/c1-14-7-10-19(23-2)18(11-14)21-20(22)13-24-17-9-8-15-5-3-4-6-16(15)12-17/h3-12H,13H2,1-2H3,(H,21,22). The summed E-state index contributed by atoms with van der Waals surface area (Å²) in [6.45, 7) is 1.90. The van der Waals surface area contributed by atoms with Gasteiger partial charge in [-0.15, -0.1) is 0 Å². The Morgan fingerprint density at radius 2 is 1.79 bits per heavy atom. The highest BCUT2D eigenvalue weighted by atomic mass is 16.5. The van der Waals surface area contributed by atoms with Crippen LogP contribution in [0.25, 0.3) is 10.8 Å². The molecule has 122 valence electrons. The normalized spacial score (nSPS) is 10.4. The lowest BCUT2D eigenvalue weighted by atomic mass is 10.1. The number of amides is 1. The molecule has 1 N–H and O–H groups in total. The second-order valence-corrected chi connectivity index (χ2v) is 5.55. The van der Waals surface area contributed by atoms with Crippen molar-refractivity contribution in [3.8, 4) is 11.5 Å². The number of rotatable bonds is 5. The third kappa shape index (κ3) is 3.66. The van der Waals surface area contributed by atoms with Crippen molar-refractivity contribution in [3.05, 3.63) is 66.2 Å². The largest absolute Gasteiger partial charge is 0.495 e. The van der Waals surface area contributed by atoms with Crippen LogP contribution in [-0.2, 0) is 4.79 Å². The molecule has 24 heavy (non-hydrogen) atoms. The van der Waals surface area contributed by atoms with Crippen LogP contribution in [0, 0.1) is 6.92 Å². The monoisotopic (exact) mass is 321 g/mol. The Morgan fingerprint density at radius 1 is 1.00 bits per heavy atom. The van der Waals surface area contributed by atoms with Crippen LogP contribution in [0.1, 0.15) is 5.56 Å². The van der Waals surface area contributed by atoms with Crippen molar-refractivity contribution in [2.45, 2.75) is 6.92 Å². The molecule has 0 saturated heterocycles. The predicted octanol–water partition coefficient (Wildman–Crippen LogP) is 4.17. The first-order chi connectivity index (χ1) is 11.7. The molecule has 0 saturated carbocycles. The van der Waals surface area contributed by atoms with E-state index in [9.17, 15) is 4.79 Å². The molecule has 4 nitrogen and oxygen atoms in total. The van der Waals surface area contributed by atoms with Gasteiger partial charge >= 0.3 is 0 Å². The van der Waals surface area contributed by atoms with E-state index in [1.807, 2.05) is 67.6 Å². The molecule has 3 rings (SSSR count). The van der Waals surface area contributed by atoms with Crippen LogP contribution in [0.3, 0.4) is 0 Å².